The van der Waals surface area contributed by atoms with Gasteiger partial charge in [-0.15, -0.1) is 0 Å². The number of phenols is 1. The van der Waals surface area contributed by atoms with E-state index in [1.807, 2.05) is 12.1 Å². The molecule has 1 amide bonds. The van der Waals surface area contributed by atoms with Crippen LogP contribution in [0.1, 0.15) is 43.2 Å². The first-order valence-electron chi connectivity index (χ1n) is 13.5. The summed E-state index contributed by atoms with van der Waals surface area (Å²) in [5.41, 5.74) is 3.90. The molecular formula is C31H29BrN2O6SSe. The summed E-state index contributed by atoms with van der Waals surface area (Å²) in [6, 6.07) is 20.8. The number of hydrogen-bond donors (Lipinski definition) is 2. The number of carbonyl (C=O) groups is 1. The van der Waals surface area contributed by atoms with Crippen molar-refractivity contribution in [2.24, 2.45) is 0 Å². The molecule has 3 atom stereocenters. The average Bonchev–Trinajstić information content (AvgIpc) is 3.56. The molecule has 2 N–H and O–H groups in total. The van der Waals surface area contributed by atoms with Gasteiger partial charge < -0.3 is 14.0 Å². The molecule has 8 nitrogen and oxygen atoms in total. The summed E-state index contributed by atoms with van der Waals surface area (Å²) in [5.74, 6) is 0.284. The quantitative estimate of drug-likeness (QED) is 0.132. The number of nitrogens with zero attached hydrogens (tertiary/aromatic N) is 1. The molecule has 2 aliphatic heterocycles. The summed E-state index contributed by atoms with van der Waals surface area (Å²) in [6.45, 7) is 0. The Morgan fingerprint density at radius 2 is 1.76 bits per heavy atom. The number of carbonyl (C=O) groups excluding carboxylic acids is 1. The van der Waals surface area contributed by atoms with Crippen LogP contribution in [0.15, 0.2) is 77.3 Å². The summed E-state index contributed by atoms with van der Waals surface area (Å²) >= 11 is 3.38. The number of rotatable bonds is 12. The second kappa shape index (κ2) is 13.4. The Labute approximate surface area is 260 Å². The van der Waals surface area contributed by atoms with Gasteiger partial charge in [0.15, 0.2) is 0 Å². The van der Waals surface area contributed by atoms with Gasteiger partial charge in [0.1, 0.15) is 22.9 Å². The van der Waals surface area contributed by atoms with Crippen LogP contribution in [-0.2, 0) is 19.6 Å². The molecule has 0 spiro atoms. The Hall–Kier alpha value is -3.13. The van der Waals surface area contributed by atoms with Crippen molar-refractivity contribution in [3.8, 4) is 16.5 Å². The standard InChI is InChI=1S/C31H29BrN2O6SSe/c32-22-5-4-6-25(17-22)40-41(37,38)27-18-26-29(20-10-14-24(35)15-11-20)30(31(27)39-26)21-8-12-23(13-9-21)34-28(36)7-2-1-3-16-42-19-33/h4-6,8-15,17,26-27,31,35H,1-3,7,16,18H2,(H,34,36). The van der Waals surface area contributed by atoms with E-state index < -0.39 is 27.6 Å². The molecule has 2 heterocycles. The third-order valence-electron chi connectivity index (χ3n) is 7.24. The van der Waals surface area contributed by atoms with Gasteiger partial charge >= 0.3 is 123 Å². The minimum atomic E-state index is -4.05. The summed E-state index contributed by atoms with van der Waals surface area (Å²) in [5, 5.41) is 21.4. The number of nitrogens with one attached hydrogen (secondary N) is 1. The van der Waals surface area contributed by atoms with Crippen molar-refractivity contribution in [2.75, 3.05) is 5.32 Å². The van der Waals surface area contributed by atoms with Gasteiger partial charge in [-0.3, -0.25) is 0 Å². The van der Waals surface area contributed by atoms with Crippen LogP contribution in [0.25, 0.3) is 11.1 Å². The molecule has 0 aromatic heterocycles. The maximum absolute atomic E-state index is 13.5. The molecule has 0 saturated carbocycles. The van der Waals surface area contributed by atoms with Crippen molar-refractivity contribution in [2.45, 2.75) is 54.9 Å². The van der Waals surface area contributed by atoms with E-state index in [-0.39, 0.29) is 38.8 Å². The van der Waals surface area contributed by atoms with E-state index in [9.17, 15) is 18.3 Å². The molecule has 11 heteroatoms. The van der Waals surface area contributed by atoms with Crippen LogP contribution in [0.4, 0.5) is 5.69 Å². The number of ether oxygens (including phenoxy) is 1. The molecule has 218 valence electrons. The van der Waals surface area contributed by atoms with E-state index in [0.29, 0.717) is 16.6 Å². The average molecular weight is 717 g/mol. The molecule has 0 aliphatic carbocycles. The number of fused-ring (bicyclic) bond motifs is 2. The van der Waals surface area contributed by atoms with Gasteiger partial charge in [-0.25, -0.2) is 0 Å². The molecular weight excluding hydrogens is 687 g/mol. The third-order valence-corrected chi connectivity index (χ3v) is 10.6. The van der Waals surface area contributed by atoms with E-state index in [2.05, 4.69) is 26.2 Å². The number of unbranched alkanes of at least 4 members (excludes halogenated alkanes) is 2. The van der Waals surface area contributed by atoms with Crippen molar-refractivity contribution >= 4 is 63.7 Å². The first kappa shape index (κ1) is 30.3. The van der Waals surface area contributed by atoms with E-state index >= 15 is 0 Å². The maximum atomic E-state index is 13.5. The van der Waals surface area contributed by atoms with E-state index in [4.69, 9.17) is 14.2 Å². The van der Waals surface area contributed by atoms with Crippen molar-refractivity contribution in [3.05, 3.63) is 88.4 Å². The second-order valence-corrected chi connectivity index (χ2v) is 14.6. The zero-order chi connectivity index (χ0) is 29.7. The van der Waals surface area contributed by atoms with Gasteiger partial charge in [-0.1, -0.05) is 34.1 Å². The molecule has 1 fully saturated rings. The zero-order valence-corrected chi connectivity index (χ0v) is 26.6. The summed E-state index contributed by atoms with van der Waals surface area (Å²) < 4.78 is 39.5. The molecule has 3 unspecified atom stereocenters. The molecule has 2 aliphatic rings. The number of nitriles is 1. The van der Waals surface area contributed by atoms with Gasteiger partial charge in [0, 0.05) is 10.9 Å². The van der Waals surface area contributed by atoms with Gasteiger partial charge in [-0.2, -0.15) is 8.42 Å². The number of halogens is 1. The van der Waals surface area contributed by atoms with Gasteiger partial charge in [-0.05, 0) is 41.5 Å². The predicted molar refractivity (Wildman–Crippen MR) is 165 cm³/mol. The van der Waals surface area contributed by atoms with Gasteiger partial charge in [0.25, 0.3) is 0 Å². The van der Waals surface area contributed by atoms with Crippen LogP contribution >= 0.6 is 15.9 Å². The third kappa shape index (κ3) is 7.08. The SMILES string of the molecule is N#C[Se]CCCCCC(=O)Nc1ccc(C2=C(c3ccc(O)cc3)C3CC(S(=O)(=O)Oc4cccc(Br)c4)C2O3)cc1. The number of benzene rings is 3. The van der Waals surface area contributed by atoms with Crippen molar-refractivity contribution in [1.82, 2.24) is 0 Å². The molecule has 3 aromatic carbocycles. The fraction of sp³-hybridized carbons (Fsp3) is 0.290. The fourth-order valence-corrected chi connectivity index (χ4v) is 8.06. The van der Waals surface area contributed by atoms with Crippen LogP contribution in [0.2, 0.25) is 5.32 Å². The number of amides is 1. The topological polar surface area (TPSA) is 126 Å². The van der Waals surface area contributed by atoms with Crippen molar-refractivity contribution in [1.29, 1.82) is 5.26 Å². The second-order valence-electron chi connectivity index (χ2n) is 10.1. The Morgan fingerprint density at radius 1 is 1.05 bits per heavy atom. The fourth-order valence-electron chi connectivity index (χ4n) is 5.35. The van der Waals surface area contributed by atoms with Gasteiger partial charge in [0.2, 0.25) is 0 Å². The van der Waals surface area contributed by atoms with Crippen molar-refractivity contribution in [3.63, 3.8) is 0 Å². The Morgan fingerprint density at radius 3 is 2.48 bits per heavy atom. The normalized spacial score (nSPS) is 19.5. The number of hydrogen-bond acceptors (Lipinski definition) is 7. The summed E-state index contributed by atoms with van der Waals surface area (Å²) in [7, 11) is -4.05. The van der Waals surface area contributed by atoms with E-state index in [0.717, 1.165) is 46.9 Å². The minimum absolute atomic E-state index is 0.0297. The molecule has 2 bridgehead atoms. The van der Waals surface area contributed by atoms with E-state index in [1.165, 1.54) is 0 Å². The van der Waals surface area contributed by atoms with Crippen LogP contribution in [0.3, 0.4) is 0 Å². The van der Waals surface area contributed by atoms with Gasteiger partial charge in [0.05, 0.1) is 6.10 Å². The first-order valence-corrected chi connectivity index (χ1v) is 17.9. The molecule has 3 aromatic rings. The Kier molecular flexibility index (Phi) is 9.71. The van der Waals surface area contributed by atoms with Crippen LogP contribution < -0.4 is 9.50 Å². The predicted octanol–water partition coefficient (Wildman–Crippen LogP) is 6.12. The van der Waals surface area contributed by atoms with Crippen molar-refractivity contribution < 1.29 is 27.2 Å². The molecule has 1 saturated heterocycles. The monoisotopic (exact) mass is 716 g/mol. The Balaban J connectivity index is 1.36. The number of phenolic OH excluding ortho intramolecular Hbond substituents is 1. The molecule has 0 radical (unpaired) electrons. The van der Waals surface area contributed by atoms with Crippen LogP contribution in [0, 0.1) is 10.2 Å². The first-order chi connectivity index (χ1) is 20.2. The number of aromatic hydroxyl groups is 1. The van der Waals surface area contributed by atoms with Crippen LogP contribution in [0.5, 0.6) is 11.5 Å². The summed E-state index contributed by atoms with van der Waals surface area (Å²) in [6.07, 6.45) is 2.09. The Bertz CT molecular complexity index is 1620. The molecule has 5 rings (SSSR count). The summed E-state index contributed by atoms with van der Waals surface area (Å²) in [4.78, 5) is 14.6. The van der Waals surface area contributed by atoms with E-state index in [1.54, 1.807) is 60.7 Å². The van der Waals surface area contributed by atoms with Crippen LogP contribution in [-0.4, -0.2) is 51.8 Å². The molecule has 42 heavy (non-hydrogen) atoms. The number of anilines is 1. The zero-order valence-electron chi connectivity index (χ0n) is 22.5.